The molecule has 2 N–H and O–H groups in total. The van der Waals surface area contributed by atoms with Gasteiger partial charge in [-0.1, -0.05) is 13.8 Å². The van der Waals surface area contributed by atoms with Gasteiger partial charge in [0.2, 0.25) is 10.0 Å². The summed E-state index contributed by atoms with van der Waals surface area (Å²) in [5, 5.41) is 2.80. The Morgan fingerprint density at radius 1 is 1.30 bits per heavy atom. The summed E-state index contributed by atoms with van der Waals surface area (Å²) >= 11 is 3.25. The van der Waals surface area contributed by atoms with Crippen LogP contribution in [0.3, 0.4) is 0 Å². The van der Waals surface area contributed by atoms with Crippen molar-refractivity contribution in [1.29, 1.82) is 0 Å². The van der Waals surface area contributed by atoms with Gasteiger partial charge in [-0.25, -0.2) is 18.1 Å². The zero-order valence-corrected chi connectivity index (χ0v) is 14.7. The van der Waals surface area contributed by atoms with Crippen LogP contribution >= 0.6 is 15.9 Å². The van der Waals surface area contributed by atoms with Gasteiger partial charge in [-0.15, -0.1) is 0 Å². The van der Waals surface area contributed by atoms with Crippen LogP contribution in [0.15, 0.2) is 21.6 Å². The van der Waals surface area contributed by atoms with E-state index in [0.717, 1.165) is 12.8 Å². The predicted molar refractivity (Wildman–Crippen MR) is 85.3 cm³/mol. The van der Waals surface area contributed by atoms with Crippen molar-refractivity contribution >= 4 is 31.8 Å². The molecule has 0 saturated heterocycles. The van der Waals surface area contributed by atoms with Crippen molar-refractivity contribution in [2.24, 2.45) is 5.92 Å². The Bertz CT molecular complexity index is 547. The lowest BCUT2D eigenvalue weighted by Gasteiger charge is -2.16. The maximum atomic E-state index is 12.4. The van der Waals surface area contributed by atoms with Crippen LogP contribution in [-0.2, 0) is 10.0 Å². The third-order valence-electron chi connectivity index (χ3n) is 2.88. The number of nitrogens with zero attached hydrogens (tertiary/aromatic N) is 1. The normalized spacial score (nSPS) is 13.5. The highest BCUT2D eigenvalue weighted by Crippen LogP contribution is 2.23. The molecule has 0 spiro atoms. The summed E-state index contributed by atoms with van der Waals surface area (Å²) in [6, 6.07) is 1.45. The maximum absolute atomic E-state index is 12.4. The summed E-state index contributed by atoms with van der Waals surface area (Å²) in [5.41, 5.74) is 0. The van der Waals surface area contributed by atoms with Crippen molar-refractivity contribution in [2.45, 2.75) is 44.6 Å². The highest BCUT2D eigenvalue weighted by molar-refractivity contribution is 9.10. The zero-order valence-electron chi connectivity index (χ0n) is 12.3. The molecule has 5 nitrogen and oxygen atoms in total. The van der Waals surface area contributed by atoms with Crippen LogP contribution in [0.25, 0.3) is 0 Å². The first-order valence-electron chi connectivity index (χ1n) is 6.62. The predicted octanol–water partition coefficient (Wildman–Crippen LogP) is 2.99. The van der Waals surface area contributed by atoms with Gasteiger partial charge in [0.25, 0.3) is 0 Å². The smallest absolute Gasteiger partial charge is 0.244 e. The van der Waals surface area contributed by atoms with E-state index in [1.54, 1.807) is 19.3 Å². The summed E-state index contributed by atoms with van der Waals surface area (Å²) in [4.78, 5) is 4.23. The van der Waals surface area contributed by atoms with E-state index in [2.05, 4.69) is 44.8 Å². The van der Waals surface area contributed by atoms with Gasteiger partial charge in [0.15, 0.2) is 0 Å². The number of pyridine rings is 1. The molecule has 1 aromatic heterocycles. The van der Waals surface area contributed by atoms with Crippen LogP contribution in [0.2, 0.25) is 0 Å². The summed E-state index contributed by atoms with van der Waals surface area (Å²) < 4.78 is 28.1. The second kappa shape index (κ2) is 7.38. The molecule has 1 unspecified atom stereocenters. The molecule has 0 aliphatic rings. The highest BCUT2D eigenvalue weighted by Gasteiger charge is 2.22. The monoisotopic (exact) mass is 363 g/mol. The molecule has 20 heavy (non-hydrogen) atoms. The number of anilines is 1. The van der Waals surface area contributed by atoms with Crippen molar-refractivity contribution in [2.75, 3.05) is 12.4 Å². The minimum absolute atomic E-state index is 0.105. The highest BCUT2D eigenvalue weighted by atomic mass is 79.9. The van der Waals surface area contributed by atoms with Gasteiger partial charge in [0.1, 0.15) is 10.7 Å². The number of aromatic nitrogens is 1. The van der Waals surface area contributed by atoms with E-state index in [-0.39, 0.29) is 10.9 Å². The first kappa shape index (κ1) is 17.4. The van der Waals surface area contributed by atoms with Crippen LogP contribution in [-0.4, -0.2) is 26.5 Å². The molecule has 0 amide bonds. The van der Waals surface area contributed by atoms with Crippen LogP contribution < -0.4 is 10.0 Å². The van der Waals surface area contributed by atoms with Crippen LogP contribution in [0.4, 0.5) is 5.82 Å². The van der Waals surface area contributed by atoms with Gasteiger partial charge >= 0.3 is 0 Å². The van der Waals surface area contributed by atoms with Crippen molar-refractivity contribution in [3.05, 3.63) is 16.7 Å². The minimum Gasteiger partial charge on any atom is -0.372 e. The fourth-order valence-electron chi connectivity index (χ4n) is 1.78. The quantitative estimate of drug-likeness (QED) is 0.780. The number of halogens is 1. The van der Waals surface area contributed by atoms with E-state index >= 15 is 0 Å². The molecule has 1 atom stereocenters. The molecule has 0 aliphatic carbocycles. The Morgan fingerprint density at radius 3 is 2.50 bits per heavy atom. The topological polar surface area (TPSA) is 71.1 Å². The minimum atomic E-state index is -3.58. The fourth-order valence-corrected chi connectivity index (χ4v) is 3.73. The van der Waals surface area contributed by atoms with Crippen LogP contribution in [0.1, 0.15) is 33.6 Å². The SMILES string of the molecule is CNc1ncc(Br)cc1S(=O)(=O)NC(C)CCC(C)C. The van der Waals surface area contributed by atoms with E-state index < -0.39 is 10.0 Å². The molecule has 0 aliphatic heterocycles. The lowest BCUT2D eigenvalue weighted by Crippen LogP contribution is -2.33. The molecule has 0 fully saturated rings. The number of hydrogen-bond acceptors (Lipinski definition) is 4. The lowest BCUT2D eigenvalue weighted by molar-refractivity contribution is 0.485. The first-order chi connectivity index (χ1) is 9.26. The number of rotatable bonds is 7. The Labute approximate surface area is 129 Å². The Kier molecular flexibility index (Phi) is 6.42. The largest absolute Gasteiger partial charge is 0.372 e. The summed E-state index contributed by atoms with van der Waals surface area (Å²) in [6.07, 6.45) is 3.36. The number of sulfonamides is 1. The molecule has 0 bridgehead atoms. The molecule has 1 heterocycles. The zero-order chi connectivity index (χ0) is 15.3. The average molecular weight is 364 g/mol. The van der Waals surface area contributed by atoms with E-state index in [4.69, 9.17) is 0 Å². The molecule has 7 heteroatoms. The molecule has 0 aromatic carbocycles. The summed E-state index contributed by atoms with van der Waals surface area (Å²) in [5.74, 6) is 0.902. The Hall–Kier alpha value is -0.660. The molecule has 0 radical (unpaired) electrons. The average Bonchev–Trinajstić information content (AvgIpc) is 2.36. The molecular formula is C13H22BrN3O2S. The molecule has 1 rings (SSSR count). The summed E-state index contributed by atoms with van der Waals surface area (Å²) in [7, 11) is -1.93. The van der Waals surface area contributed by atoms with E-state index in [9.17, 15) is 8.42 Å². The standard InChI is InChI=1S/C13H22BrN3O2S/c1-9(2)5-6-10(3)17-20(18,19)12-7-11(14)8-16-13(12)15-4/h7-10,17H,5-6H2,1-4H3,(H,15,16). The van der Waals surface area contributed by atoms with E-state index in [1.165, 1.54) is 0 Å². The maximum Gasteiger partial charge on any atom is 0.244 e. The van der Waals surface area contributed by atoms with Crippen molar-refractivity contribution in [1.82, 2.24) is 9.71 Å². The number of hydrogen-bond donors (Lipinski definition) is 2. The summed E-state index contributed by atoms with van der Waals surface area (Å²) in [6.45, 7) is 6.13. The Balaban J connectivity index is 2.91. The van der Waals surface area contributed by atoms with Crippen molar-refractivity contribution in [3.8, 4) is 0 Å². The second-order valence-electron chi connectivity index (χ2n) is 5.24. The lowest BCUT2D eigenvalue weighted by atomic mass is 10.1. The van der Waals surface area contributed by atoms with Crippen molar-refractivity contribution in [3.63, 3.8) is 0 Å². The van der Waals surface area contributed by atoms with Gasteiger partial charge < -0.3 is 5.32 Å². The first-order valence-corrected chi connectivity index (χ1v) is 8.89. The molecule has 114 valence electrons. The Morgan fingerprint density at radius 2 is 1.95 bits per heavy atom. The molecule has 0 saturated carbocycles. The number of nitrogens with one attached hydrogen (secondary N) is 2. The van der Waals surface area contributed by atoms with Gasteiger partial charge in [0.05, 0.1) is 0 Å². The van der Waals surface area contributed by atoms with Crippen LogP contribution in [0.5, 0.6) is 0 Å². The third-order valence-corrected chi connectivity index (χ3v) is 4.92. The second-order valence-corrected chi connectivity index (χ2v) is 7.84. The van der Waals surface area contributed by atoms with Crippen molar-refractivity contribution < 1.29 is 8.42 Å². The van der Waals surface area contributed by atoms with E-state index in [0.29, 0.717) is 16.2 Å². The molecular weight excluding hydrogens is 342 g/mol. The molecule has 1 aromatic rings. The fraction of sp³-hybridized carbons (Fsp3) is 0.615. The van der Waals surface area contributed by atoms with Gasteiger partial charge in [-0.2, -0.15) is 0 Å². The van der Waals surface area contributed by atoms with Gasteiger partial charge in [0, 0.05) is 23.8 Å². The van der Waals surface area contributed by atoms with Gasteiger partial charge in [-0.3, -0.25) is 0 Å². The van der Waals surface area contributed by atoms with Crippen LogP contribution in [0, 0.1) is 5.92 Å². The van der Waals surface area contributed by atoms with Gasteiger partial charge in [-0.05, 0) is 47.7 Å². The third kappa shape index (κ3) is 5.03. The van der Waals surface area contributed by atoms with E-state index in [1.807, 2.05) is 6.92 Å².